The first-order valence-electron chi connectivity index (χ1n) is 7.07. The number of furan rings is 1. The summed E-state index contributed by atoms with van der Waals surface area (Å²) in [7, 11) is 1.35. The van der Waals surface area contributed by atoms with Crippen LogP contribution < -0.4 is 5.32 Å². The van der Waals surface area contributed by atoms with E-state index in [0.717, 1.165) is 10.9 Å². The fourth-order valence-corrected chi connectivity index (χ4v) is 2.34. The van der Waals surface area contributed by atoms with Gasteiger partial charge < -0.3 is 14.5 Å². The van der Waals surface area contributed by atoms with E-state index in [9.17, 15) is 9.59 Å². The Bertz CT molecular complexity index is 878. The number of amides is 1. The van der Waals surface area contributed by atoms with Crippen LogP contribution in [0.4, 0.5) is 5.69 Å². The first-order valence-corrected chi connectivity index (χ1v) is 7.07. The number of ether oxygens (including phenoxy) is 1. The zero-order valence-electron chi connectivity index (χ0n) is 12.8. The molecule has 0 unspecified atom stereocenters. The third-order valence-electron chi connectivity index (χ3n) is 3.43. The number of nitrogens with one attached hydrogen (secondary N) is 1. The van der Waals surface area contributed by atoms with E-state index in [0.29, 0.717) is 22.6 Å². The quantitative estimate of drug-likeness (QED) is 0.746. The normalized spacial score (nSPS) is 10.5. The van der Waals surface area contributed by atoms with Crippen LogP contribution in [0.25, 0.3) is 22.3 Å². The molecule has 2 aromatic carbocycles. The molecule has 1 aromatic heterocycles. The molecule has 0 saturated carbocycles. The summed E-state index contributed by atoms with van der Waals surface area (Å²) < 4.78 is 10.5. The highest BCUT2D eigenvalue weighted by molar-refractivity contribution is 5.93. The van der Waals surface area contributed by atoms with E-state index in [1.807, 2.05) is 18.2 Å². The SMILES string of the molecule is COC(=O)c1ccc(-c2cc3ccc(NC(C)=O)cc3o2)cc1. The van der Waals surface area contributed by atoms with E-state index in [-0.39, 0.29) is 11.9 Å². The maximum absolute atomic E-state index is 11.4. The third-order valence-corrected chi connectivity index (χ3v) is 3.43. The fraction of sp³-hybridized carbons (Fsp3) is 0.111. The largest absolute Gasteiger partial charge is 0.465 e. The van der Waals surface area contributed by atoms with Gasteiger partial charge in [0.15, 0.2) is 0 Å². The second-order valence-electron chi connectivity index (χ2n) is 5.11. The van der Waals surface area contributed by atoms with Crippen molar-refractivity contribution in [2.45, 2.75) is 6.92 Å². The van der Waals surface area contributed by atoms with E-state index in [2.05, 4.69) is 10.1 Å². The third kappa shape index (κ3) is 3.08. The molecule has 0 bridgehead atoms. The number of anilines is 1. The molecule has 0 aliphatic rings. The highest BCUT2D eigenvalue weighted by Gasteiger charge is 2.09. The zero-order valence-corrected chi connectivity index (χ0v) is 12.8. The van der Waals surface area contributed by atoms with E-state index < -0.39 is 0 Å². The summed E-state index contributed by atoms with van der Waals surface area (Å²) in [5.74, 6) is 0.187. The summed E-state index contributed by atoms with van der Waals surface area (Å²) in [6.45, 7) is 1.46. The van der Waals surface area contributed by atoms with E-state index in [1.54, 1.807) is 30.3 Å². The Labute approximate surface area is 132 Å². The minimum absolute atomic E-state index is 0.130. The van der Waals surface area contributed by atoms with Crippen molar-refractivity contribution in [1.82, 2.24) is 0 Å². The lowest BCUT2D eigenvalue weighted by Crippen LogP contribution is -2.05. The van der Waals surface area contributed by atoms with E-state index in [4.69, 9.17) is 4.42 Å². The lowest BCUT2D eigenvalue weighted by atomic mass is 10.1. The van der Waals surface area contributed by atoms with Gasteiger partial charge in [0.2, 0.25) is 5.91 Å². The number of carbonyl (C=O) groups excluding carboxylic acids is 2. The minimum atomic E-state index is -0.374. The Morgan fingerprint density at radius 1 is 1.04 bits per heavy atom. The van der Waals surface area contributed by atoms with Crippen LogP contribution in [0.5, 0.6) is 0 Å². The Morgan fingerprint density at radius 2 is 1.78 bits per heavy atom. The van der Waals surface area contributed by atoms with Crippen molar-refractivity contribution in [1.29, 1.82) is 0 Å². The molecule has 23 heavy (non-hydrogen) atoms. The van der Waals surface area contributed by atoms with Crippen molar-refractivity contribution in [2.75, 3.05) is 12.4 Å². The van der Waals surface area contributed by atoms with Gasteiger partial charge in [-0.1, -0.05) is 12.1 Å². The van der Waals surface area contributed by atoms with Crippen LogP contribution in [0, 0.1) is 0 Å². The van der Waals surface area contributed by atoms with Crippen molar-refractivity contribution in [3.63, 3.8) is 0 Å². The van der Waals surface area contributed by atoms with Gasteiger partial charge >= 0.3 is 5.97 Å². The van der Waals surface area contributed by atoms with E-state index >= 15 is 0 Å². The molecule has 1 amide bonds. The predicted molar refractivity (Wildman–Crippen MR) is 87.3 cm³/mol. The van der Waals surface area contributed by atoms with Crippen LogP contribution in [0.2, 0.25) is 0 Å². The second kappa shape index (κ2) is 5.96. The average molecular weight is 309 g/mol. The Morgan fingerprint density at radius 3 is 2.43 bits per heavy atom. The number of fused-ring (bicyclic) bond motifs is 1. The van der Waals surface area contributed by atoms with Gasteiger partial charge in [0.05, 0.1) is 12.7 Å². The van der Waals surface area contributed by atoms with Crippen molar-refractivity contribution >= 4 is 28.5 Å². The first-order chi connectivity index (χ1) is 11.1. The topological polar surface area (TPSA) is 68.5 Å². The van der Waals surface area contributed by atoms with Gasteiger partial charge in [0.25, 0.3) is 0 Å². The van der Waals surface area contributed by atoms with Crippen molar-refractivity contribution in [3.8, 4) is 11.3 Å². The number of esters is 1. The molecule has 0 saturated heterocycles. The average Bonchev–Trinajstić information content (AvgIpc) is 2.97. The molecule has 0 aliphatic carbocycles. The molecule has 3 rings (SSSR count). The van der Waals surface area contributed by atoms with E-state index in [1.165, 1.54) is 14.0 Å². The molecular weight excluding hydrogens is 294 g/mol. The van der Waals surface area contributed by atoms with Crippen molar-refractivity contribution in [2.24, 2.45) is 0 Å². The molecule has 0 fully saturated rings. The molecule has 1 N–H and O–H groups in total. The molecule has 0 radical (unpaired) electrons. The second-order valence-corrected chi connectivity index (χ2v) is 5.11. The van der Waals surface area contributed by atoms with Crippen LogP contribution in [-0.4, -0.2) is 19.0 Å². The standard InChI is InChI=1S/C18H15NO4/c1-11(20)19-15-8-7-14-9-16(23-17(14)10-15)12-3-5-13(6-4-12)18(21)22-2/h3-10H,1-2H3,(H,19,20). The van der Waals surface area contributed by atoms with Gasteiger partial charge in [-0.2, -0.15) is 0 Å². The van der Waals surface area contributed by atoms with Crippen LogP contribution in [0.15, 0.2) is 52.9 Å². The number of rotatable bonds is 3. The molecule has 116 valence electrons. The lowest BCUT2D eigenvalue weighted by Gasteiger charge is -2.01. The summed E-state index contributed by atoms with van der Waals surface area (Å²) in [6.07, 6.45) is 0. The molecule has 5 nitrogen and oxygen atoms in total. The summed E-state index contributed by atoms with van der Waals surface area (Å²) in [5.41, 5.74) is 2.71. The lowest BCUT2D eigenvalue weighted by molar-refractivity contribution is -0.114. The maximum atomic E-state index is 11.4. The predicted octanol–water partition coefficient (Wildman–Crippen LogP) is 3.84. The molecule has 1 heterocycles. The maximum Gasteiger partial charge on any atom is 0.337 e. The van der Waals surface area contributed by atoms with Gasteiger partial charge in [-0.25, -0.2) is 4.79 Å². The van der Waals surface area contributed by atoms with Gasteiger partial charge in [0.1, 0.15) is 11.3 Å². The highest BCUT2D eigenvalue weighted by atomic mass is 16.5. The fourth-order valence-electron chi connectivity index (χ4n) is 2.34. The summed E-state index contributed by atoms with van der Waals surface area (Å²) in [6, 6.07) is 14.4. The summed E-state index contributed by atoms with van der Waals surface area (Å²) in [4.78, 5) is 22.6. The minimum Gasteiger partial charge on any atom is -0.465 e. The number of carbonyl (C=O) groups is 2. The zero-order chi connectivity index (χ0) is 16.4. The smallest absolute Gasteiger partial charge is 0.337 e. The first kappa shape index (κ1) is 14.8. The van der Waals surface area contributed by atoms with Gasteiger partial charge in [0, 0.05) is 29.6 Å². The van der Waals surface area contributed by atoms with Gasteiger partial charge in [-0.15, -0.1) is 0 Å². The number of methoxy groups -OCH3 is 1. The number of hydrogen-bond acceptors (Lipinski definition) is 4. The van der Waals surface area contributed by atoms with Crippen molar-refractivity contribution < 1.29 is 18.7 Å². The highest BCUT2D eigenvalue weighted by Crippen LogP contribution is 2.29. The van der Waals surface area contributed by atoms with Gasteiger partial charge in [-0.3, -0.25) is 4.79 Å². The molecule has 3 aromatic rings. The molecule has 0 atom stereocenters. The number of hydrogen-bond donors (Lipinski definition) is 1. The Balaban J connectivity index is 1.93. The Hall–Kier alpha value is -3.08. The van der Waals surface area contributed by atoms with Crippen LogP contribution >= 0.6 is 0 Å². The van der Waals surface area contributed by atoms with Crippen LogP contribution in [0.1, 0.15) is 17.3 Å². The molecular formula is C18H15NO4. The van der Waals surface area contributed by atoms with Crippen LogP contribution in [-0.2, 0) is 9.53 Å². The van der Waals surface area contributed by atoms with Gasteiger partial charge in [-0.05, 0) is 30.3 Å². The summed E-state index contributed by atoms with van der Waals surface area (Å²) in [5, 5.41) is 3.66. The Kier molecular flexibility index (Phi) is 3.85. The monoisotopic (exact) mass is 309 g/mol. The molecule has 0 aliphatic heterocycles. The van der Waals surface area contributed by atoms with Crippen LogP contribution in [0.3, 0.4) is 0 Å². The van der Waals surface area contributed by atoms with Crippen molar-refractivity contribution in [3.05, 3.63) is 54.1 Å². The molecule has 5 heteroatoms. The number of benzene rings is 2. The molecule has 0 spiro atoms. The summed E-state index contributed by atoms with van der Waals surface area (Å²) >= 11 is 0.